The summed E-state index contributed by atoms with van der Waals surface area (Å²) in [6.07, 6.45) is 1.17. The third-order valence-corrected chi connectivity index (χ3v) is 5.23. The lowest BCUT2D eigenvalue weighted by atomic mass is 10.0. The van der Waals surface area contributed by atoms with E-state index in [4.69, 9.17) is 4.74 Å². The molecule has 0 radical (unpaired) electrons. The van der Waals surface area contributed by atoms with E-state index in [0.29, 0.717) is 35.4 Å². The number of halogens is 3. The highest BCUT2D eigenvalue weighted by atomic mass is 19.1. The molecule has 0 N–H and O–H groups in total. The quantitative estimate of drug-likeness (QED) is 0.611. The van der Waals surface area contributed by atoms with Crippen molar-refractivity contribution in [2.24, 2.45) is 7.05 Å². The molecule has 0 saturated heterocycles. The van der Waals surface area contributed by atoms with E-state index in [1.807, 2.05) is 0 Å². The van der Waals surface area contributed by atoms with Crippen LogP contribution in [-0.4, -0.2) is 38.6 Å². The van der Waals surface area contributed by atoms with Gasteiger partial charge in [0, 0.05) is 30.3 Å². The third kappa shape index (κ3) is 5.29. The summed E-state index contributed by atoms with van der Waals surface area (Å²) in [6, 6.07) is 2.91. The van der Waals surface area contributed by atoms with Crippen LogP contribution in [0.5, 0.6) is 0 Å². The minimum Gasteiger partial charge on any atom is -0.444 e. The summed E-state index contributed by atoms with van der Waals surface area (Å²) in [6.45, 7) is 9.19. The van der Waals surface area contributed by atoms with Gasteiger partial charge in [0.25, 0.3) is 0 Å². The largest absolute Gasteiger partial charge is 0.444 e. The molecule has 5 nitrogen and oxygen atoms in total. The smallest absolute Gasteiger partial charge is 0.410 e. The molecule has 1 heterocycles. The van der Waals surface area contributed by atoms with E-state index in [1.54, 1.807) is 33.9 Å². The molecule has 2 atom stereocenters. The zero-order valence-corrected chi connectivity index (χ0v) is 18.3. The molecule has 1 aliphatic rings. The van der Waals surface area contributed by atoms with Crippen molar-refractivity contribution >= 4 is 12.2 Å². The van der Waals surface area contributed by atoms with E-state index < -0.39 is 29.5 Å². The number of carbonyl (C=O) groups excluding carboxylic acids is 1. The molecule has 1 saturated carbocycles. The van der Waals surface area contributed by atoms with Gasteiger partial charge >= 0.3 is 6.09 Å². The molecule has 3 rings (SSSR count). The topological polar surface area (TPSA) is 47.4 Å². The molecule has 0 unspecified atom stereocenters. The molecular weight excluding hydrogens is 407 g/mol. The van der Waals surface area contributed by atoms with Crippen LogP contribution in [0.2, 0.25) is 0 Å². The van der Waals surface area contributed by atoms with E-state index in [-0.39, 0.29) is 19.0 Å². The maximum atomic E-state index is 13.9. The summed E-state index contributed by atoms with van der Waals surface area (Å²) in [5, 5.41) is 4.48. The second-order valence-electron chi connectivity index (χ2n) is 8.87. The molecule has 0 bridgehead atoms. The van der Waals surface area contributed by atoms with Gasteiger partial charge in [0.1, 0.15) is 23.4 Å². The molecule has 1 amide bonds. The second kappa shape index (κ2) is 8.77. The van der Waals surface area contributed by atoms with E-state index in [2.05, 4.69) is 11.7 Å². The van der Waals surface area contributed by atoms with Crippen LogP contribution in [0.3, 0.4) is 0 Å². The van der Waals surface area contributed by atoms with Crippen LogP contribution in [0.1, 0.15) is 51.3 Å². The summed E-state index contributed by atoms with van der Waals surface area (Å²) < 4.78 is 48.6. The van der Waals surface area contributed by atoms with Crippen molar-refractivity contribution in [2.75, 3.05) is 0 Å². The van der Waals surface area contributed by atoms with E-state index >= 15 is 0 Å². The Morgan fingerprint density at radius 1 is 1.29 bits per heavy atom. The summed E-state index contributed by atoms with van der Waals surface area (Å²) in [5.41, 5.74) is 1.12. The van der Waals surface area contributed by atoms with Crippen molar-refractivity contribution < 1.29 is 22.7 Å². The first kappa shape index (κ1) is 22.9. The Morgan fingerprint density at radius 2 is 1.94 bits per heavy atom. The van der Waals surface area contributed by atoms with E-state index in [1.165, 1.54) is 21.7 Å². The SMILES string of the molecule is C=Cc1c(CN(C(=O)OC(C)(C)C)[C@H]2CC[C@@H](F)C2)nn(C)c1-c1cc(F)cc(F)c1. The molecule has 1 aromatic carbocycles. The minimum absolute atomic E-state index is 0.0687. The highest BCUT2D eigenvalue weighted by Gasteiger charge is 2.35. The van der Waals surface area contributed by atoms with Crippen molar-refractivity contribution in [1.29, 1.82) is 0 Å². The van der Waals surface area contributed by atoms with Gasteiger partial charge in [-0.2, -0.15) is 5.10 Å². The Kier molecular flexibility index (Phi) is 6.48. The molecule has 0 spiro atoms. The first-order valence-corrected chi connectivity index (χ1v) is 10.3. The fourth-order valence-electron chi connectivity index (χ4n) is 3.97. The molecule has 8 heteroatoms. The number of hydrogen-bond acceptors (Lipinski definition) is 3. The zero-order valence-electron chi connectivity index (χ0n) is 18.3. The fraction of sp³-hybridized carbons (Fsp3) is 0.478. The van der Waals surface area contributed by atoms with Crippen molar-refractivity contribution in [3.05, 3.63) is 47.7 Å². The number of aryl methyl sites for hydroxylation is 1. The van der Waals surface area contributed by atoms with Crippen LogP contribution in [0.4, 0.5) is 18.0 Å². The Balaban J connectivity index is 1.99. The number of amides is 1. The van der Waals surface area contributed by atoms with Crippen LogP contribution in [0.15, 0.2) is 24.8 Å². The van der Waals surface area contributed by atoms with Crippen LogP contribution < -0.4 is 0 Å². The van der Waals surface area contributed by atoms with Crippen molar-refractivity contribution in [3.8, 4) is 11.3 Å². The standard InChI is InChI=1S/C23H28F3N3O2/c1-6-19-20(27-28(5)21(19)14-9-16(25)11-17(26)10-14)13-29(18-8-7-15(24)12-18)22(30)31-23(2,3)4/h6,9-11,15,18H,1,7-8,12-13H2,2-5H3/t15-,18+/m1/s1. The number of hydrogen-bond donors (Lipinski definition) is 0. The van der Waals surface area contributed by atoms with Gasteiger partial charge in [-0.25, -0.2) is 18.0 Å². The Hall–Kier alpha value is -2.77. The molecule has 1 aliphatic carbocycles. The number of nitrogens with zero attached hydrogens (tertiary/aromatic N) is 3. The molecule has 168 valence electrons. The molecule has 1 aromatic heterocycles. The second-order valence-corrected chi connectivity index (χ2v) is 8.87. The minimum atomic E-state index is -0.969. The monoisotopic (exact) mass is 435 g/mol. The predicted octanol–water partition coefficient (Wildman–Crippen LogP) is 5.64. The molecule has 31 heavy (non-hydrogen) atoms. The normalized spacial score (nSPS) is 18.8. The number of carbonyl (C=O) groups is 1. The van der Waals surface area contributed by atoms with Crippen LogP contribution in [0.25, 0.3) is 17.3 Å². The molecular formula is C23H28F3N3O2. The number of rotatable bonds is 5. The van der Waals surface area contributed by atoms with Crippen molar-refractivity contribution in [3.63, 3.8) is 0 Å². The Morgan fingerprint density at radius 3 is 2.45 bits per heavy atom. The number of benzene rings is 1. The highest BCUT2D eigenvalue weighted by molar-refractivity contribution is 5.74. The van der Waals surface area contributed by atoms with Crippen LogP contribution >= 0.6 is 0 Å². The van der Waals surface area contributed by atoms with E-state index in [9.17, 15) is 18.0 Å². The average Bonchev–Trinajstić information content (AvgIpc) is 3.19. The fourth-order valence-corrected chi connectivity index (χ4v) is 3.97. The predicted molar refractivity (Wildman–Crippen MR) is 113 cm³/mol. The van der Waals surface area contributed by atoms with Gasteiger partial charge in [-0.3, -0.25) is 9.58 Å². The van der Waals surface area contributed by atoms with Gasteiger partial charge < -0.3 is 4.74 Å². The summed E-state index contributed by atoms with van der Waals surface area (Å²) in [5.74, 6) is -1.41. The summed E-state index contributed by atoms with van der Waals surface area (Å²) >= 11 is 0. The zero-order chi connectivity index (χ0) is 22.9. The molecule has 0 aliphatic heterocycles. The lowest BCUT2D eigenvalue weighted by Gasteiger charge is -2.31. The van der Waals surface area contributed by atoms with Crippen molar-refractivity contribution in [2.45, 2.75) is 64.4 Å². The Labute approximate surface area is 180 Å². The number of alkyl halides is 1. The summed E-state index contributed by atoms with van der Waals surface area (Å²) in [4.78, 5) is 14.4. The van der Waals surface area contributed by atoms with Gasteiger partial charge in [0.2, 0.25) is 0 Å². The van der Waals surface area contributed by atoms with Gasteiger partial charge in [-0.15, -0.1) is 0 Å². The van der Waals surface area contributed by atoms with Gasteiger partial charge in [0.15, 0.2) is 0 Å². The number of ether oxygens (including phenoxy) is 1. The number of aromatic nitrogens is 2. The van der Waals surface area contributed by atoms with Gasteiger partial charge in [0.05, 0.1) is 17.9 Å². The average molecular weight is 435 g/mol. The third-order valence-electron chi connectivity index (χ3n) is 5.23. The molecule has 1 fully saturated rings. The highest BCUT2D eigenvalue weighted by Crippen LogP contribution is 2.32. The first-order chi connectivity index (χ1) is 14.5. The lowest BCUT2D eigenvalue weighted by molar-refractivity contribution is 0.0136. The van der Waals surface area contributed by atoms with Gasteiger partial charge in [-0.1, -0.05) is 12.7 Å². The summed E-state index contributed by atoms with van der Waals surface area (Å²) in [7, 11) is 1.65. The first-order valence-electron chi connectivity index (χ1n) is 10.3. The van der Waals surface area contributed by atoms with Crippen LogP contribution in [-0.2, 0) is 18.3 Å². The van der Waals surface area contributed by atoms with E-state index in [0.717, 1.165) is 6.07 Å². The van der Waals surface area contributed by atoms with Crippen LogP contribution in [0, 0.1) is 11.6 Å². The maximum absolute atomic E-state index is 13.9. The Bertz CT molecular complexity index is 961. The maximum Gasteiger partial charge on any atom is 0.410 e. The van der Waals surface area contributed by atoms with Crippen molar-refractivity contribution in [1.82, 2.24) is 14.7 Å². The lowest BCUT2D eigenvalue weighted by Crippen LogP contribution is -2.42. The molecule has 2 aromatic rings. The van der Waals surface area contributed by atoms with Gasteiger partial charge in [-0.05, 0) is 52.2 Å².